The normalized spacial score (nSPS) is 19.4. The average molecular weight is 269 g/mol. The fraction of sp³-hybridized carbons (Fsp3) is 0.444. The fourth-order valence-electron chi connectivity index (χ4n) is 2.98. The van der Waals surface area contributed by atoms with Gasteiger partial charge in [-0.25, -0.2) is 0 Å². The van der Waals surface area contributed by atoms with E-state index >= 15 is 0 Å². The summed E-state index contributed by atoms with van der Waals surface area (Å²) in [6.45, 7) is 4.51. The van der Waals surface area contributed by atoms with E-state index in [2.05, 4.69) is 49.5 Å². The van der Waals surface area contributed by atoms with Crippen molar-refractivity contribution in [3.63, 3.8) is 0 Å². The second kappa shape index (κ2) is 5.74. The van der Waals surface area contributed by atoms with Gasteiger partial charge in [0, 0.05) is 17.7 Å². The van der Waals surface area contributed by atoms with Crippen LogP contribution < -0.4 is 5.32 Å². The van der Waals surface area contributed by atoms with Gasteiger partial charge < -0.3 is 9.73 Å². The first-order valence-corrected chi connectivity index (χ1v) is 7.70. The van der Waals surface area contributed by atoms with Crippen molar-refractivity contribution in [3.05, 3.63) is 53.5 Å². The van der Waals surface area contributed by atoms with Crippen LogP contribution >= 0.6 is 0 Å². The highest BCUT2D eigenvalue weighted by molar-refractivity contribution is 5.48. The topological polar surface area (TPSA) is 25.2 Å². The molecule has 0 saturated heterocycles. The summed E-state index contributed by atoms with van der Waals surface area (Å²) in [7, 11) is 0. The van der Waals surface area contributed by atoms with Crippen molar-refractivity contribution in [1.82, 2.24) is 0 Å². The summed E-state index contributed by atoms with van der Waals surface area (Å²) < 4.78 is 5.55. The molecule has 1 aromatic carbocycles. The second-order valence-corrected chi connectivity index (χ2v) is 5.82. The third-order valence-corrected chi connectivity index (χ3v) is 4.48. The minimum Gasteiger partial charge on any atom is -0.469 e. The van der Waals surface area contributed by atoms with Crippen molar-refractivity contribution in [2.75, 3.05) is 5.32 Å². The predicted molar refractivity (Wildman–Crippen MR) is 83.2 cm³/mol. The zero-order valence-electron chi connectivity index (χ0n) is 12.4. The second-order valence-electron chi connectivity index (χ2n) is 5.82. The molecule has 0 saturated carbocycles. The van der Waals surface area contributed by atoms with E-state index < -0.39 is 0 Å². The quantitative estimate of drug-likeness (QED) is 0.816. The molecule has 0 fully saturated rings. The van der Waals surface area contributed by atoms with E-state index in [-0.39, 0.29) is 0 Å². The molecular formula is C18H23NO. The minimum atomic E-state index is 0.395. The summed E-state index contributed by atoms with van der Waals surface area (Å²) in [6, 6.07) is 11.4. The standard InChI is InChI=1S/C18H23NO/c1-3-13(2)14-7-9-15(10-8-14)19-17-5-4-6-18-16(17)11-12-20-18/h7-13,17,19H,3-6H2,1-2H3. The van der Waals surface area contributed by atoms with Crippen LogP contribution in [-0.4, -0.2) is 0 Å². The van der Waals surface area contributed by atoms with Gasteiger partial charge in [-0.05, 0) is 48.9 Å². The molecule has 2 heteroatoms. The fourth-order valence-corrected chi connectivity index (χ4v) is 2.98. The molecule has 1 heterocycles. The molecular weight excluding hydrogens is 246 g/mol. The van der Waals surface area contributed by atoms with E-state index in [9.17, 15) is 0 Å². The maximum absolute atomic E-state index is 5.55. The molecule has 0 bridgehead atoms. The van der Waals surface area contributed by atoms with Gasteiger partial charge >= 0.3 is 0 Å². The molecule has 2 atom stereocenters. The van der Waals surface area contributed by atoms with Gasteiger partial charge in [0.25, 0.3) is 0 Å². The molecule has 2 unspecified atom stereocenters. The zero-order chi connectivity index (χ0) is 13.9. The van der Waals surface area contributed by atoms with Crippen LogP contribution in [0.4, 0.5) is 5.69 Å². The molecule has 0 radical (unpaired) electrons. The average Bonchev–Trinajstić information content (AvgIpc) is 2.97. The molecule has 106 valence electrons. The molecule has 1 aromatic heterocycles. The van der Waals surface area contributed by atoms with Crippen LogP contribution in [0, 0.1) is 0 Å². The SMILES string of the molecule is CCC(C)c1ccc(NC2CCCc3occc32)cc1. The lowest BCUT2D eigenvalue weighted by molar-refractivity contribution is 0.461. The molecule has 0 aliphatic heterocycles. The van der Waals surface area contributed by atoms with Crippen LogP contribution in [0.1, 0.15) is 62.0 Å². The monoisotopic (exact) mass is 269 g/mol. The van der Waals surface area contributed by atoms with Gasteiger partial charge in [0.2, 0.25) is 0 Å². The first-order valence-electron chi connectivity index (χ1n) is 7.70. The van der Waals surface area contributed by atoms with Gasteiger partial charge in [-0.15, -0.1) is 0 Å². The Bertz CT molecular complexity index is 555. The van der Waals surface area contributed by atoms with E-state index in [0.29, 0.717) is 12.0 Å². The summed E-state index contributed by atoms with van der Waals surface area (Å²) >= 11 is 0. The number of fused-ring (bicyclic) bond motifs is 1. The smallest absolute Gasteiger partial charge is 0.109 e. The Morgan fingerprint density at radius 3 is 2.80 bits per heavy atom. The highest BCUT2D eigenvalue weighted by atomic mass is 16.3. The molecule has 1 N–H and O–H groups in total. The molecule has 0 spiro atoms. The summed E-state index contributed by atoms with van der Waals surface area (Å²) in [5.74, 6) is 1.80. The van der Waals surface area contributed by atoms with E-state index in [1.54, 1.807) is 0 Å². The third kappa shape index (κ3) is 2.60. The number of hydrogen-bond acceptors (Lipinski definition) is 2. The molecule has 20 heavy (non-hydrogen) atoms. The number of nitrogens with one attached hydrogen (secondary N) is 1. The molecule has 1 aliphatic carbocycles. The van der Waals surface area contributed by atoms with Crippen molar-refractivity contribution in [1.29, 1.82) is 0 Å². The summed E-state index contributed by atoms with van der Waals surface area (Å²) in [4.78, 5) is 0. The third-order valence-electron chi connectivity index (χ3n) is 4.48. The summed E-state index contributed by atoms with van der Waals surface area (Å²) in [5, 5.41) is 3.65. The van der Waals surface area contributed by atoms with E-state index in [1.807, 2.05) is 6.26 Å². The number of furan rings is 1. The summed E-state index contributed by atoms with van der Waals surface area (Å²) in [6.07, 6.45) is 6.46. The number of anilines is 1. The Balaban J connectivity index is 1.73. The highest BCUT2D eigenvalue weighted by Gasteiger charge is 2.22. The molecule has 2 nitrogen and oxygen atoms in total. The Kier molecular flexibility index (Phi) is 3.81. The van der Waals surface area contributed by atoms with Crippen LogP contribution in [-0.2, 0) is 6.42 Å². The lowest BCUT2D eigenvalue weighted by Crippen LogP contribution is -2.15. The molecule has 1 aliphatic rings. The van der Waals surface area contributed by atoms with E-state index in [1.165, 1.54) is 36.1 Å². The van der Waals surface area contributed by atoms with Gasteiger partial charge in [-0.1, -0.05) is 26.0 Å². The maximum Gasteiger partial charge on any atom is 0.109 e. The van der Waals surface area contributed by atoms with Gasteiger partial charge in [0.1, 0.15) is 5.76 Å². The number of rotatable bonds is 4. The Hall–Kier alpha value is -1.70. The summed E-state index contributed by atoms with van der Waals surface area (Å²) in [5.41, 5.74) is 3.96. The van der Waals surface area contributed by atoms with Gasteiger partial charge in [0.05, 0.1) is 12.3 Å². The van der Waals surface area contributed by atoms with Crippen LogP contribution in [0.2, 0.25) is 0 Å². The van der Waals surface area contributed by atoms with Crippen LogP contribution in [0.5, 0.6) is 0 Å². The number of aryl methyl sites for hydroxylation is 1. The van der Waals surface area contributed by atoms with Gasteiger partial charge in [-0.2, -0.15) is 0 Å². The van der Waals surface area contributed by atoms with Crippen LogP contribution in [0.3, 0.4) is 0 Å². The largest absolute Gasteiger partial charge is 0.469 e. The Morgan fingerprint density at radius 2 is 2.05 bits per heavy atom. The Labute approximate surface area is 121 Å². The molecule has 0 amide bonds. The number of benzene rings is 1. The first-order chi connectivity index (χ1) is 9.78. The van der Waals surface area contributed by atoms with Crippen molar-refractivity contribution in [2.45, 2.75) is 51.5 Å². The first kappa shape index (κ1) is 13.3. The zero-order valence-corrected chi connectivity index (χ0v) is 12.4. The van der Waals surface area contributed by atoms with Crippen molar-refractivity contribution in [2.24, 2.45) is 0 Å². The van der Waals surface area contributed by atoms with Crippen molar-refractivity contribution in [3.8, 4) is 0 Å². The minimum absolute atomic E-state index is 0.395. The van der Waals surface area contributed by atoms with Crippen LogP contribution in [0.25, 0.3) is 0 Å². The van der Waals surface area contributed by atoms with Gasteiger partial charge in [0.15, 0.2) is 0 Å². The number of hydrogen-bond donors (Lipinski definition) is 1. The molecule has 2 aromatic rings. The maximum atomic E-state index is 5.55. The van der Waals surface area contributed by atoms with E-state index in [4.69, 9.17) is 4.42 Å². The highest BCUT2D eigenvalue weighted by Crippen LogP contribution is 2.33. The van der Waals surface area contributed by atoms with Gasteiger partial charge in [-0.3, -0.25) is 0 Å². The van der Waals surface area contributed by atoms with Crippen molar-refractivity contribution >= 4 is 5.69 Å². The lowest BCUT2D eigenvalue weighted by Gasteiger charge is -2.24. The lowest BCUT2D eigenvalue weighted by atomic mass is 9.93. The molecule has 3 rings (SSSR count). The van der Waals surface area contributed by atoms with E-state index in [0.717, 1.165) is 12.2 Å². The predicted octanol–water partition coefficient (Wildman–Crippen LogP) is 5.28. The van der Waals surface area contributed by atoms with Crippen molar-refractivity contribution < 1.29 is 4.42 Å². The van der Waals surface area contributed by atoms with Crippen LogP contribution in [0.15, 0.2) is 41.0 Å². The Morgan fingerprint density at radius 1 is 1.25 bits per heavy atom.